The summed E-state index contributed by atoms with van der Waals surface area (Å²) in [6.07, 6.45) is 5.62. The lowest BCUT2D eigenvalue weighted by Crippen LogP contribution is -2.09. The van der Waals surface area contributed by atoms with Crippen LogP contribution < -0.4 is 0 Å². The summed E-state index contributed by atoms with van der Waals surface area (Å²) in [5.74, 6) is -0.00235. The van der Waals surface area contributed by atoms with Gasteiger partial charge in [-0.2, -0.15) is 5.10 Å². The molecule has 0 spiro atoms. The van der Waals surface area contributed by atoms with E-state index in [1.165, 1.54) is 0 Å². The molecule has 0 radical (unpaired) electrons. The van der Waals surface area contributed by atoms with Crippen molar-refractivity contribution in [3.05, 3.63) is 61.1 Å². The van der Waals surface area contributed by atoms with Gasteiger partial charge in [0.2, 0.25) is 5.91 Å². The van der Waals surface area contributed by atoms with E-state index in [2.05, 4.69) is 31.2 Å². The molecule has 0 aliphatic rings. The van der Waals surface area contributed by atoms with Crippen LogP contribution >= 0.6 is 11.3 Å². The molecule has 7 aromatic rings. The highest BCUT2D eigenvalue weighted by molar-refractivity contribution is 7.24. The number of fused-ring (bicyclic) bond motifs is 9. The fourth-order valence-corrected chi connectivity index (χ4v) is 5.50. The number of carbonyl (C=O) groups is 1. The van der Waals surface area contributed by atoms with Crippen LogP contribution in [-0.4, -0.2) is 40.6 Å². The molecule has 2 N–H and O–H groups in total. The molecule has 0 fully saturated rings. The topological polar surface area (TPSA) is 105 Å². The van der Waals surface area contributed by atoms with Crippen LogP contribution in [0, 0.1) is 0 Å². The van der Waals surface area contributed by atoms with Gasteiger partial charge in [-0.15, -0.1) is 11.3 Å². The van der Waals surface area contributed by atoms with Crippen molar-refractivity contribution in [2.24, 2.45) is 0 Å². The first kappa shape index (κ1) is 19.1. The van der Waals surface area contributed by atoms with Crippen LogP contribution in [0.25, 0.3) is 64.4 Å². The van der Waals surface area contributed by atoms with Crippen LogP contribution in [0.15, 0.2) is 61.1 Å². The van der Waals surface area contributed by atoms with Crippen LogP contribution in [0.1, 0.15) is 18.1 Å². The van der Waals surface area contributed by atoms with Crippen molar-refractivity contribution in [2.45, 2.75) is 13.3 Å². The van der Waals surface area contributed by atoms with E-state index < -0.39 is 0 Å². The van der Waals surface area contributed by atoms with Crippen LogP contribution in [0.3, 0.4) is 0 Å². The number of imidazole rings is 1. The van der Waals surface area contributed by atoms with Crippen LogP contribution in [-0.2, 0) is 0 Å². The average Bonchev–Trinajstić information content (AvgIpc) is 3.61. The first-order valence-electron chi connectivity index (χ1n) is 10.9. The number of pyridine rings is 2. The van der Waals surface area contributed by atoms with Gasteiger partial charge >= 0.3 is 0 Å². The fraction of sp³-hybridized carbons (Fsp3) is 0.0800. The van der Waals surface area contributed by atoms with Gasteiger partial charge in [0.1, 0.15) is 10.3 Å². The standard InChI is InChI=1S/C25H17N7OS/c1-2-21(33)32-14-8-13(10-26-11-14)18-9-16-19(12-27-18)30-31-24(16)25-28-17-5-3-4-15(23(17)29-25)20-6-7-22(32)34-20/h3-12H,2H2,1H3,(H,28,29)(H,30,31). The first-order valence-corrected chi connectivity index (χ1v) is 11.7. The van der Waals surface area contributed by atoms with Crippen LogP contribution in [0.5, 0.6) is 0 Å². The molecule has 0 atom stereocenters. The van der Waals surface area contributed by atoms with E-state index in [1.807, 2.05) is 43.3 Å². The third kappa shape index (κ3) is 2.74. The molecule has 1 aromatic carbocycles. The highest BCUT2D eigenvalue weighted by atomic mass is 32.1. The molecule has 0 saturated heterocycles. The Labute approximate surface area is 195 Å². The normalized spacial score (nSPS) is 11.9. The molecule has 0 saturated carbocycles. The SMILES string of the molecule is CCC(=O)n1c2cncc(c2)c2cc3c(cn2)[nH]nc3c2nc3c(cccc3c3ccc1s3)[nH]2. The average molecular weight is 464 g/mol. The zero-order chi connectivity index (χ0) is 22.8. The second-order valence-electron chi connectivity index (χ2n) is 8.13. The van der Waals surface area contributed by atoms with Gasteiger partial charge in [-0.3, -0.25) is 24.4 Å². The summed E-state index contributed by atoms with van der Waals surface area (Å²) in [5.41, 5.74) is 5.48. The summed E-state index contributed by atoms with van der Waals surface area (Å²) in [5, 5.41) is 10.3. The Bertz CT molecular complexity index is 1990. The maximum atomic E-state index is 13.1. The third-order valence-electron chi connectivity index (χ3n) is 6.09. The van der Waals surface area contributed by atoms with E-state index in [0.29, 0.717) is 17.6 Å². The predicted molar refractivity (Wildman–Crippen MR) is 136 cm³/mol. The van der Waals surface area contributed by atoms with Gasteiger partial charge < -0.3 is 4.98 Å². The number of nitrogens with one attached hydrogen (secondary N) is 2. The van der Waals surface area contributed by atoms with E-state index in [4.69, 9.17) is 4.98 Å². The van der Waals surface area contributed by atoms with E-state index >= 15 is 0 Å². The number of benzene rings is 1. The Hall–Kier alpha value is -4.37. The Balaban J connectivity index is 1.79. The molecule has 6 heterocycles. The number of para-hydroxylation sites is 1. The molecule has 0 amide bonds. The molecule has 7 rings (SSSR count). The highest BCUT2D eigenvalue weighted by Gasteiger charge is 2.12. The van der Waals surface area contributed by atoms with Gasteiger partial charge in [-0.05, 0) is 30.3 Å². The summed E-state index contributed by atoms with van der Waals surface area (Å²) >= 11 is 1.55. The van der Waals surface area contributed by atoms with Crippen molar-refractivity contribution >= 4 is 81.7 Å². The quantitative estimate of drug-likeness (QED) is 0.316. The van der Waals surface area contributed by atoms with E-state index in [-0.39, 0.29) is 5.91 Å². The molecule has 34 heavy (non-hydrogen) atoms. The Morgan fingerprint density at radius 3 is 2.88 bits per heavy atom. The van der Waals surface area contributed by atoms with Crippen molar-refractivity contribution < 1.29 is 4.79 Å². The minimum Gasteiger partial charge on any atom is -0.337 e. The smallest absolute Gasteiger partial charge is 0.231 e. The molecule has 0 aliphatic heterocycles. The largest absolute Gasteiger partial charge is 0.337 e. The minimum absolute atomic E-state index is 0.00235. The third-order valence-corrected chi connectivity index (χ3v) is 7.20. The molecular formula is C25H17N7OS. The van der Waals surface area contributed by atoms with E-state index in [9.17, 15) is 4.79 Å². The molecule has 9 heteroatoms. The molecule has 8 bridgehead atoms. The van der Waals surface area contributed by atoms with Crippen LogP contribution in [0.2, 0.25) is 0 Å². The molecule has 6 aromatic heterocycles. The molecule has 0 aliphatic carbocycles. The maximum Gasteiger partial charge on any atom is 0.231 e. The Morgan fingerprint density at radius 2 is 1.97 bits per heavy atom. The summed E-state index contributed by atoms with van der Waals surface area (Å²) in [6.45, 7) is 1.87. The zero-order valence-electron chi connectivity index (χ0n) is 18.0. The van der Waals surface area contributed by atoms with Gasteiger partial charge in [-0.25, -0.2) is 4.98 Å². The number of H-pyrrole nitrogens is 2. The predicted octanol–water partition coefficient (Wildman–Crippen LogP) is 5.88. The number of rotatable bonds is 1. The van der Waals surface area contributed by atoms with Gasteiger partial charge in [0.05, 0.1) is 40.0 Å². The first-order chi connectivity index (χ1) is 16.7. The molecule has 0 unspecified atom stereocenters. The van der Waals surface area contributed by atoms with Gasteiger partial charge in [0.25, 0.3) is 0 Å². The van der Waals surface area contributed by atoms with E-state index in [1.54, 1.807) is 34.5 Å². The highest BCUT2D eigenvalue weighted by Crippen LogP contribution is 2.30. The number of hydrogen-bond acceptors (Lipinski definition) is 6. The molecule has 8 nitrogen and oxygen atoms in total. The lowest BCUT2D eigenvalue weighted by molar-refractivity contribution is 0.0918. The van der Waals surface area contributed by atoms with Crippen molar-refractivity contribution in [3.8, 4) is 0 Å². The summed E-state index contributed by atoms with van der Waals surface area (Å²) in [7, 11) is 0. The number of hydrogen-bond donors (Lipinski definition) is 2. The monoisotopic (exact) mass is 463 g/mol. The minimum atomic E-state index is -0.00235. The molecule has 164 valence electrons. The number of carbonyl (C=O) groups excluding carboxylic acids is 1. The van der Waals surface area contributed by atoms with Crippen molar-refractivity contribution in [2.75, 3.05) is 0 Å². The van der Waals surface area contributed by atoms with Crippen molar-refractivity contribution in [1.29, 1.82) is 0 Å². The second kappa shape index (κ2) is 7.06. The lowest BCUT2D eigenvalue weighted by atomic mass is 10.2. The van der Waals surface area contributed by atoms with Crippen LogP contribution in [0.4, 0.5) is 0 Å². The summed E-state index contributed by atoms with van der Waals surface area (Å²) < 4.78 is 2.77. The van der Waals surface area contributed by atoms with Gasteiger partial charge in [0.15, 0.2) is 5.65 Å². The fourth-order valence-electron chi connectivity index (χ4n) is 4.43. The maximum absolute atomic E-state index is 13.1. The number of aromatic nitrogens is 7. The Kier molecular flexibility index (Phi) is 3.97. The second-order valence-corrected chi connectivity index (χ2v) is 9.19. The lowest BCUT2D eigenvalue weighted by Gasteiger charge is -2.05. The number of aromatic amines is 2. The van der Waals surface area contributed by atoms with Gasteiger partial charge in [0, 0.05) is 33.5 Å². The number of nitrogens with zero attached hydrogens (tertiary/aromatic N) is 5. The summed E-state index contributed by atoms with van der Waals surface area (Å²) in [6, 6.07) is 14.0. The van der Waals surface area contributed by atoms with Crippen molar-refractivity contribution in [1.82, 2.24) is 34.7 Å². The van der Waals surface area contributed by atoms with Gasteiger partial charge in [-0.1, -0.05) is 19.1 Å². The Morgan fingerprint density at radius 1 is 1.03 bits per heavy atom. The number of thiophene rings is 1. The zero-order valence-corrected chi connectivity index (χ0v) is 18.8. The van der Waals surface area contributed by atoms with E-state index in [0.717, 1.165) is 53.3 Å². The van der Waals surface area contributed by atoms with Crippen molar-refractivity contribution in [3.63, 3.8) is 0 Å². The molecular weight excluding hydrogens is 446 g/mol. The summed E-state index contributed by atoms with van der Waals surface area (Å²) in [4.78, 5) is 31.4.